The summed E-state index contributed by atoms with van der Waals surface area (Å²) < 4.78 is 0. The van der Waals surface area contributed by atoms with Gasteiger partial charge < -0.3 is 15.1 Å². The summed E-state index contributed by atoms with van der Waals surface area (Å²) in [6.45, 7) is 3.11. The Morgan fingerprint density at radius 2 is 2.13 bits per heavy atom. The number of aromatic nitrogens is 1. The predicted molar refractivity (Wildman–Crippen MR) is 87.9 cm³/mol. The third-order valence-corrected chi connectivity index (χ3v) is 4.67. The third kappa shape index (κ3) is 3.81. The van der Waals surface area contributed by atoms with E-state index in [2.05, 4.69) is 21.3 Å². The van der Waals surface area contributed by atoms with Crippen LogP contribution in [0.3, 0.4) is 0 Å². The molecule has 6 heteroatoms. The summed E-state index contributed by atoms with van der Waals surface area (Å²) in [6, 6.07) is 3.98. The van der Waals surface area contributed by atoms with Crippen molar-refractivity contribution in [1.29, 1.82) is 0 Å². The molecule has 0 aliphatic carbocycles. The van der Waals surface area contributed by atoms with Crippen LogP contribution in [0.5, 0.6) is 0 Å². The number of nitrogens with zero attached hydrogens (tertiary/aromatic N) is 3. The fraction of sp³-hybridized carbons (Fsp3) is 0.588. The van der Waals surface area contributed by atoms with Crippen molar-refractivity contribution in [3.63, 3.8) is 0 Å². The van der Waals surface area contributed by atoms with Crippen molar-refractivity contribution in [3.05, 3.63) is 23.9 Å². The fourth-order valence-electron chi connectivity index (χ4n) is 3.24. The molecule has 23 heavy (non-hydrogen) atoms. The third-order valence-electron chi connectivity index (χ3n) is 4.67. The lowest BCUT2D eigenvalue weighted by molar-refractivity contribution is -0.128. The van der Waals surface area contributed by atoms with E-state index in [1.54, 1.807) is 18.1 Å². The minimum absolute atomic E-state index is 0.0426. The molecule has 1 aromatic rings. The summed E-state index contributed by atoms with van der Waals surface area (Å²) in [4.78, 5) is 32.1. The average molecular weight is 316 g/mol. The molecule has 2 aliphatic heterocycles. The zero-order valence-corrected chi connectivity index (χ0v) is 13.6. The minimum atomic E-state index is -0.226. The number of carbonyl (C=O) groups excluding carboxylic acids is 2. The largest absolute Gasteiger partial charge is 0.357 e. The van der Waals surface area contributed by atoms with Gasteiger partial charge in [-0.15, -0.1) is 0 Å². The van der Waals surface area contributed by atoms with Crippen LogP contribution >= 0.6 is 0 Å². The number of carbonyl (C=O) groups is 2. The maximum atomic E-state index is 12.2. The molecule has 0 radical (unpaired) electrons. The van der Waals surface area contributed by atoms with E-state index in [-0.39, 0.29) is 17.7 Å². The number of amides is 2. The lowest BCUT2D eigenvalue weighted by atomic mass is 10.1. The first-order valence-corrected chi connectivity index (χ1v) is 8.35. The van der Waals surface area contributed by atoms with E-state index in [4.69, 9.17) is 0 Å². The summed E-state index contributed by atoms with van der Waals surface area (Å²) in [5.74, 6) is 0.767. The topological polar surface area (TPSA) is 65.5 Å². The molecule has 6 nitrogen and oxygen atoms in total. The molecule has 1 atom stereocenters. The van der Waals surface area contributed by atoms with Crippen LogP contribution in [-0.2, 0) is 16.1 Å². The first-order chi connectivity index (χ1) is 11.1. The summed E-state index contributed by atoms with van der Waals surface area (Å²) >= 11 is 0. The molecule has 0 aromatic carbocycles. The number of piperidine rings is 1. The number of nitrogens with one attached hydrogen (secondary N) is 1. The van der Waals surface area contributed by atoms with Gasteiger partial charge in [-0.05, 0) is 37.0 Å². The van der Waals surface area contributed by atoms with Crippen LogP contribution in [0.15, 0.2) is 18.3 Å². The zero-order chi connectivity index (χ0) is 16.2. The SMILES string of the molecule is CN1CC(C(=O)NCc2ccnc(N3CCCCC3)c2)CC1=O. The first-order valence-electron chi connectivity index (χ1n) is 8.35. The Bertz CT molecular complexity index is 584. The van der Waals surface area contributed by atoms with Gasteiger partial charge in [-0.2, -0.15) is 0 Å². The molecule has 2 saturated heterocycles. The van der Waals surface area contributed by atoms with Crippen LogP contribution in [0.2, 0.25) is 0 Å². The van der Waals surface area contributed by atoms with Crippen molar-refractivity contribution < 1.29 is 9.59 Å². The van der Waals surface area contributed by atoms with Gasteiger partial charge in [0.1, 0.15) is 5.82 Å². The molecule has 1 N–H and O–H groups in total. The van der Waals surface area contributed by atoms with E-state index in [0.717, 1.165) is 24.5 Å². The van der Waals surface area contributed by atoms with Gasteiger partial charge in [0.15, 0.2) is 0 Å². The number of rotatable bonds is 4. The molecule has 0 spiro atoms. The Kier molecular flexibility index (Phi) is 4.79. The van der Waals surface area contributed by atoms with Gasteiger partial charge in [0.2, 0.25) is 11.8 Å². The second kappa shape index (κ2) is 6.98. The Hall–Kier alpha value is -2.11. The molecule has 0 saturated carbocycles. The van der Waals surface area contributed by atoms with Gasteiger partial charge in [-0.1, -0.05) is 0 Å². The highest BCUT2D eigenvalue weighted by molar-refractivity contribution is 5.89. The number of hydrogen-bond acceptors (Lipinski definition) is 4. The van der Waals surface area contributed by atoms with Crippen molar-refractivity contribution in [2.24, 2.45) is 5.92 Å². The molecular weight excluding hydrogens is 292 g/mol. The Labute approximate surface area is 136 Å². The summed E-state index contributed by atoms with van der Waals surface area (Å²) in [6.07, 6.45) is 5.84. The van der Waals surface area contributed by atoms with Crippen molar-refractivity contribution in [3.8, 4) is 0 Å². The maximum absolute atomic E-state index is 12.2. The Balaban J connectivity index is 1.56. The smallest absolute Gasteiger partial charge is 0.225 e. The van der Waals surface area contributed by atoms with Crippen molar-refractivity contribution in [2.45, 2.75) is 32.2 Å². The highest BCUT2D eigenvalue weighted by Crippen LogP contribution is 2.19. The molecule has 2 fully saturated rings. The molecule has 3 heterocycles. The van der Waals surface area contributed by atoms with E-state index in [1.165, 1.54) is 19.3 Å². The van der Waals surface area contributed by atoms with Gasteiger partial charge >= 0.3 is 0 Å². The van der Waals surface area contributed by atoms with Gasteiger partial charge in [0.25, 0.3) is 0 Å². The minimum Gasteiger partial charge on any atom is -0.357 e. The fourth-order valence-corrected chi connectivity index (χ4v) is 3.24. The van der Waals surface area contributed by atoms with Crippen LogP contribution in [0.1, 0.15) is 31.2 Å². The molecule has 124 valence electrons. The van der Waals surface area contributed by atoms with E-state index in [0.29, 0.717) is 19.5 Å². The van der Waals surface area contributed by atoms with Gasteiger partial charge in [0.05, 0.1) is 5.92 Å². The molecule has 1 aromatic heterocycles. The Morgan fingerprint density at radius 3 is 2.83 bits per heavy atom. The molecule has 2 amide bonds. The number of likely N-dealkylation sites (tertiary alicyclic amines) is 1. The zero-order valence-electron chi connectivity index (χ0n) is 13.6. The molecule has 2 aliphatic rings. The highest BCUT2D eigenvalue weighted by Gasteiger charge is 2.31. The van der Waals surface area contributed by atoms with Crippen LogP contribution in [-0.4, -0.2) is 48.4 Å². The molecule has 3 rings (SSSR count). The van der Waals surface area contributed by atoms with Crippen LogP contribution in [0, 0.1) is 5.92 Å². The Morgan fingerprint density at radius 1 is 1.35 bits per heavy atom. The second-order valence-corrected chi connectivity index (χ2v) is 6.46. The number of anilines is 1. The van der Waals surface area contributed by atoms with Gasteiger partial charge in [-0.25, -0.2) is 4.98 Å². The lowest BCUT2D eigenvalue weighted by Crippen LogP contribution is -2.32. The number of hydrogen-bond donors (Lipinski definition) is 1. The van der Waals surface area contributed by atoms with E-state index in [9.17, 15) is 9.59 Å². The van der Waals surface area contributed by atoms with Crippen molar-refractivity contribution in [2.75, 3.05) is 31.6 Å². The quantitative estimate of drug-likeness (QED) is 0.905. The molecular formula is C17H24N4O2. The highest BCUT2D eigenvalue weighted by atomic mass is 16.2. The summed E-state index contributed by atoms with van der Waals surface area (Å²) in [5, 5.41) is 2.95. The normalized spacial score (nSPS) is 21.6. The van der Waals surface area contributed by atoms with Gasteiger partial charge in [-0.3, -0.25) is 9.59 Å². The van der Waals surface area contributed by atoms with Crippen molar-refractivity contribution >= 4 is 17.6 Å². The maximum Gasteiger partial charge on any atom is 0.225 e. The standard InChI is InChI=1S/C17H24N4O2/c1-20-12-14(10-16(20)22)17(23)19-11-13-5-6-18-15(9-13)21-7-3-2-4-8-21/h5-6,9,14H,2-4,7-8,10-12H2,1H3,(H,19,23). The second-order valence-electron chi connectivity index (χ2n) is 6.46. The van der Waals surface area contributed by atoms with Crippen LogP contribution in [0.25, 0.3) is 0 Å². The molecule has 0 bridgehead atoms. The van der Waals surface area contributed by atoms with Crippen LogP contribution in [0.4, 0.5) is 5.82 Å². The molecule has 1 unspecified atom stereocenters. The predicted octanol–water partition coefficient (Wildman–Crippen LogP) is 1.17. The monoisotopic (exact) mass is 316 g/mol. The average Bonchev–Trinajstić information content (AvgIpc) is 2.93. The van der Waals surface area contributed by atoms with Gasteiger partial charge in [0, 0.05) is 45.8 Å². The number of pyridine rings is 1. The lowest BCUT2D eigenvalue weighted by Gasteiger charge is -2.28. The van der Waals surface area contributed by atoms with E-state index >= 15 is 0 Å². The van der Waals surface area contributed by atoms with E-state index in [1.807, 2.05) is 6.07 Å². The summed E-state index contributed by atoms with van der Waals surface area (Å²) in [5.41, 5.74) is 1.05. The van der Waals surface area contributed by atoms with E-state index < -0.39 is 0 Å². The first kappa shape index (κ1) is 15.8. The van der Waals surface area contributed by atoms with Crippen molar-refractivity contribution in [1.82, 2.24) is 15.2 Å². The van der Waals surface area contributed by atoms with Crippen LogP contribution < -0.4 is 10.2 Å². The summed E-state index contributed by atoms with van der Waals surface area (Å²) in [7, 11) is 1.74.